The van der Waals surface area contributed by atoms with Crippen molar-refractivity contribution in [1.29, 1.82) is 0 Å². The highest BCUT2D eigenvalue weighted by atomic mass is 79.9. The number of aryl methyl sites for hydroxylation is 1. The zero-order valence-electron chi connectivity index (χ0n) is 10.9. The van der Waals surface area contributed by atoms with E-state index in [0.29, 0.717) is 0 Å². The number of hydrogen-bond donors (Lipinski definition) is 1. The van der Waals surface area contributed by atoms with Gasteiger partial charge in [0.2, 0.25) is 0 Å². The fourth-order valence-electron chi connectivity index (χ4n) is 2.62. The summed E-state index contributed by atoms with van der Waals surface area (Å²) < 4.78 is 1.10. The summed E-state index contributed by atoms with van der Waals surface area (Å²) in [7, 11) is 0. The third kappa shape index (κ3) is 2.26. The van der Waals surface area contributed by atoms with Crippen LogP contribution in [0.5, 0.6) is 0 Å². The number of hydrogen-bond acceptors (Lipinski definition) is 3. The largest absolute Gasteiger partial charge is 0.329 e. The average molecular weight is 337 g/mol. The summed E-state index contributed by atoms with van der Waals surface area (Å²) in [6, 6.07) is 6.34. The summed E-state index contributed by atoms with van der Waals surface area (Å²) in [5.74, 6) is 0. The lowest BCUT2D eigenvalue weighted by molar-refractivity contribution is 0.252. The van der Waals surface area contributed by atoms with E-state index in [2.05, 4.69) is 46.4 Å². The van der Waals surface area contributed by atoms with E-state index in [1.807, 2.05) is 0 Å². The summed E-state index contributed by atoms with van der Waals surface area (Å²) in [6.45, 7) is 2.85. The van der Waals surface area contributed by atoms with Crippen LogP contribution in [0.15, 0.2) is 28.1 Å². The normalized spacial score (nSPS) is 17.2. The molecule has 0 spiro atoms. The number of nitrogens with zero attached hydrogens (tertiary/aromatic N) is 1. The van der Waals surface area contributed by atoms with E-state index in [1.165, 1.54) is 35.4 Å². The molecule has 1 fully saturated rings. The van der Waals surface area contributed by atoms with Gasteiger partial charge in [-0.15, -0.1) is 11.3 Å². The van der Waals surface area contributed by atoms with Crippen LogP contribution in [-0.2, 0) is 5.41 Å². The lowest BCUT2D eigenvalue weighted by atomic mass is 9.69. The highest BCUT2D eigenvalue weighted by molar-refractivity contribution is 9.10. The lowest BCUT2D eigenvalue weighted by Gasteiger charge is -2.38. The summed E-state index contributed by atoms with van der Waals surface area (Å²) in [4.78, 5) is 4.87. The number of halogens is 1. The van der Waals surface area contributed by atoms with E-state index in [-0.39, 0.29) is 5.41 Å². The predicted molar refractivity (Wildman–Crippen MR) is 84.6 cm³/mol. The molecule has 2 aromatic rings. The van der Waals surface area contributed by atoms with E-state index >= 15 is 0 Å². The molecule has 1 aromatic heterocycles. The Morgan fingerprint density at radius 3 is 2.84 bits per heavy atom. The van der Waals surface area contributed by atoms with Gasteiger partial charge in [0.25, 0.3) is 0 Å². The lowest BCUT2D eigenvalue weighted by Crippen LogP contribution is -2.41. The molecule has 1 aromatic carbocycles. The van der Waals surface area contributed by atoms with Crippen molar-refractivity contribution in [2.75, 3.05) is 6.54 Å². The molecule has 0 aliphatic heterocycles. The molecule has 1 saturated carbocycles. The van der Waals surface area contributed by atoms with Gasteiger partial charge in [-0.25, -0.2) is 4.98 Å². The maximum atomic E-state index is 5.96. The van der Waals surface area contributed by atoms with Crippen LogP contribution in [-0.4, -0.2) is 11.5 Å². The van der Waals surface area contributed by atoms with E-state index in [1.54, 1.807) is 11.3 Å². The fraction of sp³-hybridized carbons (Fsp3) is 0.400. The smallest absolute Gasteiger partial charge is 0.101 e. The molecule has 1 aliphatic rings. The van der Waals surface area contributed by atoms with Crippen LogP contribution >= 0.6 is 27.3 Å². The minimum Gasteiger partial charge on any atom is -0.329 e. The summed E-state index contributed by atoms with van der Waals surface area (Å²) >= 11 is 5.29. The molecule has 0 atom stereocenters. The molecular formula is C15H17BrN2S. The van der Waals surface area contributed by atoms with Gasteiger partial charge in [-0.05, 0) is 37.5 Å². The molecule has 19 heavy (non-hydrogen) atoms. The summed E-state index contributed by atoms with van der Waals surface area (Å²) in [5, 5.41) is 3.38. The van der Waals surface area contributed by atoms with E-state index in [4.69, 9.17) is 10.7 Å². The fourth-order valence-corrected chi connectivity index (χ4v) is 4.07. The first-order valence-electron chi connectivity index (χ1n) is 6.57. The van der Waals surface area contributed by atoms with Gasteiger partial charge in [-0.3, -0.25) is 0 Å². The maximum Gasteiger partial charge on any atom is 0.101 e. The van der Waals surface area contributed by atoms with Crippen LogP contribution in [0, 0.1) is 6.92 Å². The Kier molecular flexibility index (Phi) is 3.50. The summed E-state index contributed by atoms with van der Waals surface area (Å²) in [6.07, 6.45) is 3.66. The SMILES string of the molecule is Cc1ccc(Br)cc1-c1csc(C2(CN)CCC2)n1. The van der Waals surface area contributed by atoms with Gasteiger partial charge in [0.15, 0.2) is 0 Å². The Bertz CT molecular complexity index is 596. The van der Waals surface area contributed by atoms with Gasteiger partial charge in [-0.2, -0.15) is 0 Å². The predicted octanol–water partition coefficient (Wildman–Crippen LogP) is 4.26. The first-order chi connectivity index (χ1) is 9.14. The van der Waals surface area contributed by atoms with Crippen molar-refractivity contribution in [3.63, 3.8) is 0 Å². The van der Waals surface area contributed by atoms with Crippen LogP contribution < -0.4 is 5.73 Å². The van der Waals surface area contributed by atoms with Gasteiger partial charge in [0, 0.05) is 27.4 Å². The quantitative estimate of drug-likeness (QED) is 0.909. The van der Waals surface area contributed by atoms with Gasteiger partial charge < -0.3 is 5.73 Å². The number of nitrogens with two attached hydrogens (primary N) is 1. The number of benzene rings is 1. The second-order valence-corrected chi connectivity index (χ2v) is 7.11. The Balaban J connectivity index is 1.99. The second-order valence-electron chi connectivity index (χ2n) is 5.34. The topological polar surface area (TPSA) is 38.9 Å². The van der Waals surface area contributed by atoms with Crippen molar-refractivity contribution < 1.29 is 0 Å². The second kappa shape index (κ2) is 5.00. The van der Waals surface area contributed by atoms with E-state index in [0.717, 1.165) is 16.7 Å². The van der Waals surface area contributed by atoms with Crippen LogP contribution in [0.3, 0.4) is 0 Å². The van der Waals surface area contributed by atoms with Crippen LogP contribution in [0.1, 0.15) is 29.8 Å². The molecule has 100 valence electrons. The third-order valence-electron chi connectivity index (χ3n) is 4.13. The molecule has 1 heterocycles. The first kappa shape index (κ1) is 13.3. The molecule has 4 heteroatoms. The minimum atomic E-state index is 0.169. The number of thiazole rings is 1. The molecule has 0 unspecified atom stereocenters. The van der Waals surface area contributed by atoms with Crippen LogP contribution in [0.2, 0.25) is 0 Å². The molecule has 0 saturated heterocycles. The molecule has 3 rings (SSSR count). The Hall–Kier alpha value is -0.710. The van der Waals surface area contributed by atoms with Crippen molar-refractivity contribution >= 4 is 27.3 Å². The van der Waals surface area contributed by atoms with E-state index in [9.17, 15) is 0 Å². The number of aromatic nitrogens is 1. The Morgan fingerprint density at radius 2 is 2.21 bits per heavy atom. The zero-order chi connectivity index (χ0) is 13.5. The van der Waals surface area contributed by atoms with Gasteiger partial charge in [0.05, 0.1) is 5.69 Å². The van der Waals surface area contributed by atoms with Crippen molar-refractivity contribution in [2.45, 2.75) is 31.6 Å². The van der Waals surface area contributed by atoms with Crippen molar-refractivity contribution in [3.05, 3.63) is 38.6 Å². The molecule has 2 nitrogen and oxygen atoms in total. The molecule has 0 bridgehead atoms. The molecule has 0 amide bonds. The molecule has 2 N–H and O–H groups in total. The third-order valence-corrected chi connectivity index (χ3v) is 5.72. The monoisotopic (exact) mass is 336 g/mol. The molecular weight excluding hydrogens is 320 g/mol. The molecule has 0 radical (unpaired) electrons. The van der Waals surface area contributed by atoms with Crippen molar-refractivity contribution in [2.24, 2.45) is 5.73 Å². The van der Waals surface area contributed by atoms with Gasteiger partial charge in [0.1, 0.15) is 5.01 Å². The molecule has 1 aliphatic carbocycles. The Labute approximate surface area is 126 Å². The van der Waals surface area contributed by atoms with Crippen LogP contribution in [0.25, 0.3) is 11.3 Å². The van der Waals surface area contributed by atoms with Crippen LogP contribution in [0.4, 0.5) is 0 Å². The Morgan fingerprint density at radius 1 is 1.42 bits per heavy atom. The average Bonchev–Trinajstić information content (AvgIpc) is 2.81. The van der Waals surface area contributed by atoms with Crippen molar-refractivity contribution in [1.82, 2.24) is 4.98 Å². The van der Waals surface area contributed by atoms with Gasteiger partial charge in [-0.1, -0.05) is 28.4 Å². The minimum absolute atomic E-state index is 0.169. The van der Waals surface area contributed by atoms with E-state index < -0.39 is 0 Å². The maximum absolute atomic E-state index is 5.96. The van der Waals surface area contributed by atoms with Crippen molar-refractivity contribution in [3.8, 4) is 11.3 Å². The number of rotatable bonds is 3. The first-order valence-corrected chi connectivity index (χ1v) is 8.24. The highest BCUT2D eigenvalue weighted by Gasteiger charge is 2.40. The summed E-state index contributed by atoms with van der Waals surface area (Å²) in [5.41, 5.74) is 9.68. The zero-order valence-corrected chi connectivity index (χ0v) is 13.4. The highest BCUT2D eigenvalue weighted by Crippen LogP contribution is 2.45. The standard InChI is InChI=1S/C15H17BrN2S/c1-10-3-4-11(16)7-12(10)13-8-19-14(18-13)15(9-17)5-2-6-15/h3-4,7-8H,2,5-6,9,17H2,1H3. The van der Waals surface area contributed by atoms with Gasteiger partial charge >= 0.3 is 0 Å².